The molecule has 1 aliphatic carbocycles. The average Bonchev–Trinajstić information content (AvgIpc) is 3.29. The van der Waals surface area contributed by atoms with Crippen LogP contribution in [0.1, 0.15) is 19.4 Å². The number of nitrogens with zero attached hydrogens (tertiary/aromatic N) is 8. The van der Waals surface area contributed by atoms with Crippen molar-refractivity contribution in [3.8, 4) is 10.6 Å². The van der Waals surface area contributed by atoms with Crippen LogP contribution in [0, 0.1) is 17.2 Å². The third-order valence-electron chi connectivity index (χ3n) is 7.09. The van der Waals surface area contributed by atoms with Gasteiger partial charge in [0.1, 0.15) is 22.7 Å². The zero-order valence-electron chi connectivity index (χ0n) is 20.7. The summed E-state index contributed by atoms with van der Waals surface area (Å²) in [4.78, 5) is 58.6. The van der Waals surface area contributed by atoms with Crippen molar-refractivity contribution in [1.82, 2.24) is 33.6 Å². The molecule has 4 N–H and O–H groups in total. The average molecular weight is 536 g/mol. The Labute approximate surface area is 219 Å². The lowest BCUT2D eigenvalue weighted by molar-refractivity contribution is -0.118. The number of nitrogens with two attached hydrogens (primary N) is 1. The predicted octanol–water partition coefficient (Wildman–Crippen LogP) is 0.402. The lowest BCUT2D eigenvalue weighted by atomic mass is 10.3. The maximum absolute atomic E-state index is 13.1. The number of rotatable bonds is 7. The van der Waals surface area contributed by atoms with Gasteiger partial charge in [-0.1, -0.05) is 0 Å². The molecule has 4 aromatic rings. The summed E-state index contributed by atoms with van der Waals surface area (Å²) in [7, 11) is 1.46. The Morgan fingerprint density at radius 2 is 1.95 bits per heavy atom. The van der Waals surface area contributed by atoms with Crippen LogP contribution in [0.5, 0.6) is 0 Å². The van der Waals surface area contributed by atoms with Crippen LogP contribution >= 0.6 is 11.3 Å². The normalized spacial score (nSPS) is 18.9. The molecule has 1 saturated heterocycles. The van der Waals surface area contributed by atoms with Gasteiger partial charge >= 0.3 is 5.69 Å². The molecular formula is C23H25N11O3S. The smallest absolute Gasteiger partial charge is 0.332 e. The molecule has 0 bridgehead atoms. The largest absolute Gasteiger partial charge is 0.386 e. The first-order valence-corrected chi connectivity index (χ1v) is 12.9. The summed E-state index contributed by atoms with van der Waals surface area (Å²) < 4.78 is 3.43. The summed E-state index contributed by atoms with van der Waals surface area (Å²) in [5, 5.41) is 12.6. The fourth-order valence-electron chi connectivity index (χ4n) is 4.87. The highest BCUT2D eigenvalue weighted by atomic mass is 32.1. The minimum Gasteiger partial charge on any atom is -0.386 e. The molecule has 38 heavy (non-hydrogen) atoms. The van der Waals surface area contributed by atoms with Gasteiger partial charge in [-0.2, -0.15) is 0 Å². The van der Waals surface area contributed by atoms with E-state index in [9.17, 15) is 14.4 Å². The fourth-order valence-corrected chi connectivity index (χ4v) is 5.60. The van der Waals surface area contributed by atoms with Crippen molar-refractivity contribution in [3.63, 3.8) is 0 Å². The number of fused-ring (bicyclic) bond motifs is 2. The minimum atomic E-state index is -0.851. The maximum atomic E-state index is 13.1. The monoisotopic (exact) mass is 535 g/mol. The highest BCUT2D eigenvalue weighted by molar-refractivity contribution is 7.13. The predicted molar refractivity (Wildman–Crippen MR) is 141 cm³/mol. The number of piperidine rings is 1. The number of carbonyl (C=O) groups is 1. The Kier molecular flexibility index (Phi) is 5.59. The van der Waals surface area contributed by atoms with Gasteiger partial charge in [0.2, 0.25) is 11.9 Å². The molecule has 0 aromatic carbocycles. The van der Waals surface area contributed by atoms with Crippen molar-refractivity contribution in [1.29, 1.82) is 5.41 Å². The first-order valence-electron chi connectivity index (χ1n) is 12.0. The number of hydrogen-bond acceptors (Lipinski definition) is 10. The van der Waals surface area contributed by atoms with Crippen molar-refractivity contribution >= 4 is 46.0 Å². The van der Waals surface area contributed by atoms with Gasteiger partial charge in [0.15, 0.2) is 11.2 Å². The van der Waals surface area contributed by atoms with E-state index >= 15 is 0 Å². The van der Waals surface area contributed by atoms with Crippen LogP contribution in [0.25, 0.3) is 21.7 Å². The second kappa shape index (κ2) is 8.86. The molecule has 0 radical (unpaired) electrons. The molecule has 3 atom stereocenters. The van der Waals surface area contributed by atoms with E-state index in [2.05, 4.69) is 30.2 Å². The Morgan fingerprint density at radius 1 is 1.24 bits per heavy atom. The Bertz CT molecular complexity index is 1690. The number of aromatic nitrogens is 7. The van der Waals surface area contributed by atoms with E-state index in [0.29, 0.717) is 10.8 Å². The summed E-state index contributed by atoms with van der Waals surface area (Å²) in [6.07, 6.45) is 6.14. The first kappa shape index (κ1) is 24.0. The molecule has 1 aliphatic heterocycles. The maximum Gasteiger partial charge on any atom is 0.332 e. The molecule has 2 unspecified atom stereocenters. The molecule has 5 heterocycles. The Morgan fingerprint density at radius 3 is 2.63 bits per heavy atom. The van der Waals surface area contributed by atoms with Crippen molar-refractivity contribution in [2.24, 2.45) is 24.6 Å². The van der Waals surface area contributed by atoms with Gasteiger partial charge in [0, 0.05) is 43.5 Å². The van der Waals surface area contributed by atoms with Gasteiger partial charge in [-0.3, -0.25) is 24.1 Å². The van der Waals surface area contributed by atoms with Gasteiger partial charge in [-0.05, 0) is 25.2 Å². The lowest BCUT2D eigenvalue weighted by Gasteiger charge is -2.17. The summed E-state index contributed by atoms with van der Waals surface area (Å²) >= 11 is 1.35. The molecule has 6 rings (SSSR count). The number of anilines is 2. The number of imidazole rings is 1. The van der Waals surface area contributed by atoms with Gasteiger partial charge < -0.3 is 20.5 Å². The number of thiazole rings is 1. The molecule has 15 heteroatoms. The molecule has 0 spiro atoms. The molecule has 4 aromatic heterocycles. The Balaban J connectivity index is 1.20. The standard InChI is InChI=1S/C23H25N11O3S/c1-11(34-10-28-18-17(34)21(36)33(8-15(24)25)23(37)31(18)2)19(35)29-16-9-38-20(30-16)14-4-26-22(27-5-14)32-6-12-3-13(12)7-32/h4-5,9-13H,3,6-8H2,1-2H3,(H3,24,25)(H,29,35)/t11-,12?,13?/m0/s1. The van der Waals surface area contributed by atoms with Crippen molar-refractivity contribution in [2.45, 2.75) is 25.9 Å². The molecular weight excluding hydrogens is 510 g/mol. The lowest BCUT2D eigenvalue weighted by Crippen LogP contribution is -2.42. The van der Waals surface area contributed by atoms with E-state index in [-0.39, 0.29) is 23.5 Å². The van der Waals surface area contributed by atoms with Gasteiger partial charge in [-0.15, -0.1) is 11.3 Å². The van der Waals surface area contributed by atoms with E-state index < -0.39 is 23.2 Å². The van der Waals surface area contributed by atoms with E-state index in [1.807, 2.05) is 0 Å². The number of aryl methyl sites for hydroxylation is 1. The van der Waals surface area contributed by atoms with E-state index in [0.717, 1.165) is 41.0 Å². The molecule has 2 aliphatic rings. The summed E-state index contributed by atoms with van der Waals surface area (Å²) in [5.41, 5.74) is 5.04. The zero-order valence-corrected chi connectivity index (χ0v) is 21.5. The third-order valence-corrected chi connectivity index (χ3v) is 7.98. The third kappa shape index (κ3) is 4.04. The van der Waals surface area contributed by atoms with Crippen molar-refractivity contribution in [3.05, 3.63) is 44.9 Å². The van der Waals surface area contributed by atoms with Crippen LogP contribution in [-0.2, 0) is 18.4 Å². The zero-order chi connectivity index (χ0) is 26.7. The molecule has 196 valence electrons. The second-order valence-corrected chi connectivity index (χ2v) is 10.6. The highest BCUT2D eigenvalue weighted by Crippen LogP contribution is 2.45. The second-order valence-electron chi connectivity index (χ2n) is 9.72. The van der Waals surface area contributed by atoms with Crippen LogP contribution in [0.3, 0.4) is 0 Å². The summed E-state index contributed by atoms with van der Waals surface area (Å²) in [6, 6.07) is -0.851. The molecule has 1 saturated carbocycles. The van der Waals surface area contributed by atoms with Crippen LogP contribution in [0.15, 0.2) is 33.7 Å². The van der Waals surface area contributed by atoms with Crippen LogP contribution in [0.2, 0.25) is 0 Å². The minimum absolute atomic E-state index is 0.0579. The van der Waals surface area contributed by atoms with Crippen LogP contribution in [-0.4, -0.2) is 58.5 Å². The van der Waals surface area contributed by atoms with Crippen molar-refractivity contribution < 1.29 is 4.79 Å². The van der Waals surface area contributed by atoms with Gasteiger partial charge in [-0.25, -0.2) is 24.7 Å². The van der Waals surface area contributed by atoms with Crippen LogP contribution in [0.4, 0.5) is 11.8 Å². The molecule has 14 nitrogen and oxygen atoms in total. The SMILES string of the molecule is C[C@@H](C(=O)Nc1csc(-c2cnc(N3CC4CC4C3)nc2)n1)n1cnc2c1c(=O)n(CC(=N)N)c(=O)n2C. The number of carbonyl (C=O) groups excluding carboxylic acids is 1. The van der Waals surface area contributed by atoms with Crippen LogP contribution < -0.4 is 27.2 Å². The fraction of sp³-hybridized carbons (Fsp3) is 0.391. The number of nitrogens with one attached hydrogen (secondary N) is 2. The summed E-state index contributed by atoms with van der Waals surface area (Å²) in [6.45, 7) is 3.28. The summed E-state index contributed by atoms with van der Waals surface area (Å²) in [5.74, 6) is 1.90. The van der Waals surface area contributed by atoms with E-state index in [1.165, 1.54) is 40.3 Å². The number of hydrogen-bond donors (Lipinski definition) is 3. The number of amides is 1. The van der Waals surface area contributed by atoms with Gasteiger partial charge in [0.25, 0.3) is 5.56 Å². The number of amidine groups is 1. The van der Waals surface area contributed by atoms with E-state index in [4.69, 9.17) is 11.1 Å². The molecule has 2 fully saturated rings. The topological polar surface area (TPSA) is 183 Å². The quantitative estimate of drug-likeness (QED) is 0.223. The first-order chi connectivity index (χ1) is 18.2. The van der Waals surface area contributed by atoms with Gasteiger partial charge in [0.05, 0.1) is 12.9 Å². The highest BCUT2D eigenvalue weighted by Gasteiger charge is 2.45. The van der Waals surface area contributed by atoms with E-state index in [1.54, 1.807) is 24.7 Å². The Hall–Kier alpha value is -4.40. The van der Waals surface area contributed by atoms with Crippen molar-refractivity contribution in [2.75, 3.05) is 23.3 Å². The molecule has 1 amide bonds.